The molecule has 1 N–H and O–H groups in total. The highest BCUT2D eigenvalue weighted by atomic mass is 16.6. The lowest BCUT2D eigenvalue weighted by molar-refractivity contribution is -0.385. The molecule has 0 spiro atoms. The Hall–Kier alpha value is -2.15. The summed E-state index contributed by atoms with van der Waals surface area (Å²) in [5.74, 6) is 0.164. The SMILES string of the molecule is COc1cc(C(=O)N(C)CC2CC(O)C2)ccc1[N+](=O)[O-]. The minimum Gasteiger partial charge on any atom is -0.490 e. The van der Waals surface area contributed by atoms with E-state index in [4.69, 9.17) is 4.74 Å². The Morgan fingerprint density at radius 1 is 1.52 bits per heavy atom. The molecule has 0 radical (unpaired) electrons. The van der Waals surface area contributed by atoms with Gasteiger partial charge in [0.05, 0.1) is 18.1 Å². The molecule has 114 valence electrons. The van der Waals surface area contributed by atoms with Crippen LogP contribution in [-0.4, -0.2) is 47.6 Å². The van der Waals surface area contributed by atoms with Crippen LogP contribution in [0.15, 0.2) is 18.2 Å². The van der Waals surface area contributed by atoms with Crippen molar-refractivity contribution < 1.29 is 19.6 Å². The highest BCUT2D eigenvalue weighted by Crippen LogP contribution is 2.30. The summed E-state index contributed by atoms with van der Waals surface area (Å²) in [5, 5.41) is 20.1. The number of methoxy groups -OCH3 is 1. The number of benzene rings is 1. The Bertz CT molecular complexity index is 554. The summed E-state index contributed by atoms with van der Waals surface area (Å²) >= 11 is 0. The van der Waals surface area contributed by atoms with Crippen molar-refractivity contribution in [3.8, 4) is 5.75 Å². The molecule has 7 heteroatoms. The maximum absolute atomic E-state index is 12.3. The first-order chi connectivity index (χ1) is 9.92. The van der Waals surface area contributed by atoms with Gasteiger partial charge in [0.15, 0.2) is 5.75 Å². The Kier molecular flexibility index (Phi) is 4.42. The third kappa shape index (κ3) is 3.30. The number of nitro groups is 1. The molecule has 0 aliphatic heterocycles. The van der Waals surface area contributed by atoms with Crippen LogP contribution in [0.1, 0.15) is 23.2 Å². The number of carbonyl (C=O) groups is 1. The van der Waals surface area contributed by atoms with Gasteiger partial charge in [-0.25, -0.2) is 0 Å². The molecule has 1 aliphatic rings. The molecule has 1 aromatic rings. The molecule has 0 heterocycles. The number of aliphatic hydroxyl groups is 1. The fraction of sp³-hybridized carbons (Fsp3) is 0.500. The van der Waals surface area contributed by atoms with Gasteiger partial charge in [-0.1, -0.05) is 0 Å². The number of amides is 1. The van der Waals surface area contributed by atoms with Gasteiger partial charge in [0.1, 0.15) is 0 Å². The first-order valence-electron chi connectivity index (χ1n) is 6.68. The molecule has 2 rings (SSSR count). The van der Waals surface area contributed by atoms with Gasteiger partial charge in [-0.3, -0.25) is 14.9 Å². The van der Waals surface area contributed by atoms with Crippen molar-refractivity contribution in [1.29, 1.82) is 0 Å². The molecule has 1 fully saturated rings. The van der Waals surface area contributed by atoms with Crippen molar-refractivity contribution in [2.24, 2.45) is 5.92 Å². The van der Waals surface area contributed by atoms with Crippen LogP contribution in [0.4, 0.5) is 5.69 Å². The molecule has 0 atom stereocenters. The van der Waals surface area contributed by atoms with E-state index in [1.165, 1.54) is 25.3 Å². The van der Waals surface area contributed by atoms with Crippen molar-refractivity contribution in [1.82, 2.24) is 4.90 Å². The van der Waals surface area contributed by atoms with Crippen molar-refractivity contribution in [3.63, 3.8) is 0 Å². The minimum atomic E-state index is -0.549. The Balaban J connectivity index is 2.09. The van der Waals surface area contributed by atoms with E-state index in [0.29, 0.717) is 30.9 Å². The van der Waals surface area contributed by atoms with Gasteiger partial charge in [-0.15, -0.1) is 0 Å². The number of carbonyl (C=O) groups excluding carboxylic acids is 1. The third-order valence-electron chi connectivity index (χ3n) is 3.71. The van der Waals surface area contributed by atoms with Gasteiger partial charge >= 0.3 is 5.69 Å². The molecule has 1 saturated carbocycles. The number of nitrogens with zero attached hydrogens (tertiary/aromatic N) is 2. The lowest BCUT2D eigenvalue weighted by atomic mass is 9.82. The molecular formula is C14H18N2O5. The lowest BCUT2D eigenvalue weighted by Crippen LogP contribution is -2.39. The fourth-order valence-corrected chi connectivity index (χ4v) is 2.50. The average molecular weight is 294 g/mol. The summed E-state index contributed by atoms with van der Waals surface area (Å²) in [5.41, 5.74) is 0.179. The van der Waals surface area contributed by atoms with Crippen molar-refractivity contribution in [2.75, 3.05) is 20.7 Å². The maximum Gasteiger partial charge on any atom is 0.310 e. The largest absolute Gasteiger partial charge is 0.490 e. The molecule has 0 saturated heterocycles. The second kappa shape index (κ2) is 6.09. The molecule has 7 nitrogen and oxygen atoms in total. The third-order valence-corrected chi connectivity index (χ3v) is 3.71. The van der Waals surface area contributed by atoms with Crippen LogP contribution in [0.3, 0.4) is 0 Å². The Morgan fingerprint density at radius 3 is 2.71 bits per heavy atom. The van der Waals surface area contributed by atoms with Crippen LogP contribution in [0, 0.1) is 16.0 Å². The summed E-state index contributed by atoms with van der Waals surface area (Å²) in [7, 11) is 3.01. The standard InChI is InChI=1S/C14H18N2O5/c1-15(8-9-5-11(17)6-9)14(18)10-3-4-12(16(19)20)13(7-10)21-2/h3-4,7,9,11,17H,5-6,8H2,1-2H3. The summed E-state index contributed by atoms with van der Waals surface area (Å²) in [4.78, 5) is 24.1. The number of aliphatic hydroxyl groups excluding tert-OH is 1. The number of rotatable bonds is 5. The van der Waals surface area contributed by atoms with Crippen LogP contribution in [0.25, 0.3) is 0 Å². The summed E-state index contributed by atoms with van der Waals surface area (Å²) < 4.78 is 4.96. The van der Waals surface area contributed by atoms with E-state index >= 15 is 0 Å². The smallest absolute Gasteiger partial charge is 0.310 e. The highest BCUT2D eigenvalue weighted by Gasteiger charge is 2.29. The minimum absolute atomic E-state index is 0.0679. The van der Waals surface area contributed by atoms with Crippen LogP contribution >= 0.6 is 0 Å². The van der Waals surface area contributed by atoms with E-state index in [2.05, 4.69) is 0 Å². The molecule has 21 heavy (non-hydrogen) atoms. The van der Waals surface area contributed by atoms with Gasteiger partial charge in [0, 0.05) is 31.3 Å². The monoisotopic (exact) mass is 294 g/mol. The highest BCUT2D eigenvalue weighted by molar-refractivity contribution is 5.95. The second-order valence-corrected chi connectivity index (χ2v) is 5.32. The quantitative estimate of drug-likeness (QED) is 0.655. The maximum atomic E-state index is 12.3. The van der Waals surface area contributed by atoms with Gasteiger partial charge in [0.25, 0.3) is 5.91 Å². The molecule has 0 aromatic heterocycles. The number of hydrogen-bond donors (Lipinski definition) is 1. The molecule has 1 aliphatic carbocycles. The Morgan fingerprint density at radius 2 is 2.19 bits per heavy atom. The van der Waals surface area contributed by atoms with Crippen LogP contribution in [-0.2, 0) is 0 Å². The first-order valence-corrected chi connectivity index (χ1v) is 6.68. The zero-order chi connectivity index (χ0) is 15.6. The summed E-state index contributed by atoms with van der Waals surface area (Å²) in [6, 6.07) is 4.08. The molecule has 1 aromatic carbocycles. The van der Waals surface area contributed by atoms with E-state index in [-0.39, 0.29) is 23.4 Å². The number of nitro benzene ring substituents is 1. The van der Waals surface area contributed by atoms with E-state index in [1.54, 1.807) is 11.9 Å². The van der Waals surface area contributed by atoms with Crippen LogP contribution in [0.2, 0.25) is 0 Å². The van der Waals surface area contributed by atoms with Gasteiger partial charge in [0.2, 0.25) is 0 Å². The van der Waals surface area contributed by atoms with E-state index in [1.807, 2.05) is 0 Å². The lowest BCUT2D eigenvalue weighted by Gasteiger charge is -2.34. The molecular weight excluding hydrogens is 276 g/mol. The van der Waals surface area contributed by atoms with Crippen LogP contribution in [0.5, 0.6) is 5.75 Å². The Labute approximate surface area is 122 Å². The van der Waals surface area contributed by atoms with Crippen molar-refractivity contribution in [3.05, 3.63) is 33.9 Å². The van der Waals surface area contributed by atoms with Crippen molar-refractivity contribution in [2.45, 2.75) is 18.9 Å². The predicted octanol–water partition coefficient (Wildman–Crippen LogP) is 1.45. The van der Waals surface area contributed by atoms with Gasteiger partial charge < -0.3 is 14.7 Å². The van der Waals surface area contributed by atoms with Gasteiger partial charge in [-0.05, 0) is 24.8 Å². The first kappa shape index (κ1) is 15.2. The van der Waals surface area contributed by atoms with E-state index < -0.39 is 4.92 Å². The summed E-state index contributed by atoms with van der Waals surface area (Å²) in [6.45, 7) is 0.565. The average Bonchev–Trinajstić information content (AvgIpc) is 2.43. The molecule has 1 amide bonds. The normalized spacial score (nSPS) is 20.5. The summed E-state index contributed by atoms with van der Waals surface area (Å²) in [6.07, 6.45) is 1.17. The topological polar surface area (TPSA) is 92.9 Å². The number of hydrogen-bond acceptors (Lipinski definition) is 5. The zero-order valence-electron chi connectivity index (χ0n) is 12.0. The van der Waals surface area contributed by atoms with Crippen LogP contribution < -0.4 is 4.74 Å². The molecule has 0 unspecified atom stereocenters. The van der Waals surface area contributed by atoms with E-state index in [9.17, 15) is 20.0 Å². The zero-order valence-corrected chi connectivity index (χ0v) is 12.0. The van der Waals surface area contributed by atoms with Gasteiger partial charge in [-0.2, -0.15) is 0 Å². The van der Waals surface area contributed by atoms with Crippen molar-refractivity contribution >= 4 is 11.6 Å². The predicted molar refractivity (Wildman–Crippen MR) is 75.3 cm³/mol. The fourth-order valence-electron chi connectivity index (χ4n) is 2.50. The molecule has 0 bridgehead atoms. The number of ether oxygens (including phenoxy) is 1. The second-order valence-electron chi connectivity index (χ2n) is 5.32. The van der Waals surface area contributed by atoms with E-state index in [0.717, 1.165) is 0 Å².